The molecule has 15 heavy (non-hydrogen) atoms. The molecule has 4 nitrogen and oxygen atoms in total. The van der Waals surface area contributed by atoms with Gasteiger partial charge >= 0.3 is 0 Å². The highest BCUT2D eigenvalue weighted by molar-refractivity contribution is 5.84. The summed E-state index contributed by atoms with van der Waals surface area (Å²) in [6.45, 7) is 5.34. The monoisotopic (exact) mass is 215 g/mol. The zero-order valence-corrected chi connectivity index (χ0v) is 9.57. The maximum absolute atomic E-state index is 11.1. The Labute approximate surface area is 91.1 Å². The van der Waals surface area contributed by atoms with Crippen LogP contribution in [0.5, 0.6) is 0 Å². The Bertz CT molecular complexity index is 202. The van der Waals surface area contributed by atoms with Crippen molar-refractivity contribution in [3.05, 3.63) is 0 Å². The molecule has 2 aliphatic rings. The Morgan fingerprint density at radius 2 is 1.87 bits per heavy atom. The summed E-state index contributed by atoms with van der Waals surface area (Å²) in [5, 5.41) is 0. The number of ether oxygens (including phenoxy) is 2. The molecular formula is C11H21NO3. The maximum Gasteiger partial charge on any atom is 0.160 e. The van der Waals surface area contributed by atoms with Crippen LogP contribution in [-0.2, 0) is 14.3 Å². The van der Waals surface area contributed by atoms with Gasteiger partial charge < -0.3 is 15.2 Å². The van der Waals surface area contributed by atoms with Gasteiger partial charge in [-0.3, -0.25) is 4.79 Å². The molecule has 2 atom stereocenters. The zero-order chi connectivity index (χ0) is 11.3. The lowest BCUT2D eigenvalue weighted by Crippen LogP contribution is -2.40. The first-order chi connectivity index (χ1) is 7.27. The molecule has 0 amide bonds. The molecule has 1 aliphatic heterocycles. The molecule has 0 aromatic heterocycles. The second kappa shape index (κ2) is 6.20. The van der Waals surface area contributed by atoms with Gasteiger partial charge in [-0.15, -0.1) is 0 Å². The summed E-state index contributed by atoms with van der Waals surface area (Å²) < 4.78 is 10.8. The molecule has 2 N–H and O–H groups in total. The maximum atomic E-state index is 11.1. The fourth-order valence-corrected chi connectivity index (χ4v) is 1.98. The highest BCUT2D eigenvalue weighted by Crippen LogP contribution is 2.28. The summed E-state index contributed by atoms with van der Waals surface area (Å²) in [7, 11) is 0. The van der Waals surface area contributed by atoms with Crippen LogP contribution in [0.2, 0.25) is 0 Å². The molecule has 2 unspecified atom stereocenters. The minimum atomic E-state index is -0.299. The van der Waals surface area contributed by atoms with Crippen LogP contribution in [0.4, 0.5) is 0 Å². The SMILES string of the molecule is CC.NC1CC(C2OCCO2)CCC1=O. The average Bonchev–Trinajstić information content (AvgIpc) is 2.78. The highest BCUT2D eigenvalue weighted by Gasteiger charge is 2.33. The number of carbonyl (C=O) groups excluding carboxylic acids is 1. The Hall–Kier alpha value is -0.450. The lowest BCUT2D eigenvalue weighted by molar-refractivity contribution is -0.129. The Morgan fingerprint density at radius 1 is 1.27 bits per heavy atom. The first-order valence-electron chi connectivity index (χ1n) is 5.79. The first-order valence-corrected chi connectivity index (χ1v) is 5.79. The summed E-state index contributed by atoms with van der Waals surface area (Å²) in [6.07, 6.45) is 2.04. The van der Waals surface area contributed by atoms with Crippen LogP contribution in [0.3, 0.4) is 0 Å². The van der Waals surface area contributed by atoms with Crippen molar-refractivity contribution < 1.29 is 14.3 Å². The van der Waals surface area contributed by atoms with Gasteiger partial charge in [-0.05, 0) is 12.8 Å². The summed E-state index contributed by atoms with van der Waals surface area (Å²) in [6, 6.07) is -0.299. The van der Waals surface area contributed by atoms with E-state index in [0.29, 0.717) is 32.0 Å². The molecule has 1 saturated heterocycles. The predicted octanol–water partition coefficient (Wildman–Crippen LogP) is 1.08. The second-order valence-electron chi connectivity index (χ2n) is 3.72. The van der Waals surface area contributed by atoms with Gasteiger partial charge in [0.25, 0.3) is 0 Å². The van der Waals surface area contributed by atoms with Gasteiger partial charge in [0.1, 0.15) is 5.78 Å². The van der Waals surface area contributed by atoms with E-state index in [1.54, 1.807) is 0 Å². The van der Waals surface area contributed by atoms with Gasteiger partial charge in [-0.25, -0.2) is 0 Å². The minimum Gasteiger partial charge on any atom is -0.350 e. The van der Waals surface area contributed by atoms with Crippen molar-refractivity contribution >= 4 is 5.78 Å². The van der Waals surface area contributed by atoms with Gasteiger partial charge in [0.15, 0.2) is 6.29 Å². The lowest BCUT2D eigenvalue weighted by Gasteiger charge is -2.28. The van der Waals surface area contributed by atoms with Gasteiger partial charge in [-0.2, -0.15) is 0 Å². The molecule has 1 saturated carbocycles. The van der Waals surface area contributed by atoms with Crippen LogP contribution in [0, 0.1) is 5.92 Å². The number of nitrogens with two attached hydrogens (primary N) is 1. The number of rotatable bonds is 1. The summed E-state index contributed by atoms with van der Waals surface area (Å²) in [5.41, 5.74) is 5.68. The summed E-state index contributed by atoms with van der Waals surface area (Å²) >= 11 is 0. The van der Waals surface area contributed by atoms with Crippen LogP contribution >= 0.6 is 0 Å². The Morgan fingerprint density at radius 3 is 2.40 bits per heavy atom. The average molecular weight is 215 g/mol. The number of ketones is 1. The van der Waals surface area contributed by atoms with E-state index in [1.165, 1.54) is 0 Å². The second-order valence-corrected chi connectivity index (χ2v) is 3.72. The van der Waals surface area contributed by atoms with Gasteiger partial charge in [0.05, 0.1) is 19.3 Å². The molecule has 0 aromatic carbocycles. The quantitative estimate of drug-likeness (QED) is 0.711. The fourth-order valence-electron chi connectivity index (χ4n) is 1.98. The molecule has 0 bridgehead atoms. The predicted molar refractivity (Wildman–Crippen MR) is 57.4 cm³/mol. The number of hydrogen-bond acceptors (Lipinski definition) is 4. The molecule has 0 spiro atoms. The molecule has 4 heteroatoms. The molecule has 0 radical (unpaired) electrons. The molecule has 2 rings (SSSR count). The van der Waals surface area contributed by atoms with Crippen molar-refractivity contribution in [1.29, 1.82) is 0 Å². The Kier molecular flexibility index (Phi) is 5.22. The number of Topliss-reactive ketones (excluding diaryl/α,β-unsaturated/α-hetero) is 1. The van der Waals surface area contributed by atoms with E-state index in [9.17, 15) is 4.79 Å². The van der Waals surface area contributed by atoms with Crippen molar-refractivity contribution in [2.24, 2.45) is 11.7 Å². The summed E-state index contributed by atoms with van der Waals surface area (Å²) in [4.78, 5) is 11.1. The van der Waals surface area contributed by atoms with Crippen molar-refractivity contribution in [3.63, 3.8) is 0 Å². The van der Waals surface area contributed by atoms with Crippen LogP contribution < -0.4 is 5.73 Å². The van der Waals surface area contributed by atoms with Gasteiger partial charge in [-0.1, -0.05) is 13.8 Å². The normalized spacial score (nSPS) is 32.3. The first kappa shape index (κ1) is 12.6. The highest BCUT2D eigenvalue weighted by atomic mass is 16.7. The largest absolute Gasteiger partial charge is 0.350 e. The molecular weight excluding hydrogens is 194 g/mol. The lowest BCUT2D eigenvalue weighted by atomic mass is 9.85. The van der Waals surface area contributed by atoms with E-state index in [2.05, 4.69) is 0 Å². The van der Waals surface area contributed by atoms with E-state index in [0.717, 1.165) is 6.42 Å². The number of hydrogen-bond donors (Lipinski definition) is 1. The van der Waals surface area contributed by atoms with Crippen LogP contribution in [-0.4, -0.2) is 31.3 Å². The van der Waals surface area contributed by atoms with Crippen LogP contribution in [0.25, 0.3) is 0 Å². The standard InChI is InChI=1S/C9H15NO3.C2H6/c10-7-5-6(1-2-8(7)11)9-12-3-4-13-9;1-2/h6-7,9H,1-5,10H2;1-2H3. The van der Waals surface area contributed by atoms with Crippen molar-refractivity contribution in [1.82, 2.24) is 0 Å². The van der Waals surface area contributed by atoms with Crippen molar-refractivity contribution in [2.75, 3.05) is 13.2 Å². The third-order valence-corrected chi connectivity index (χ3v) is 2.76. The molecule has 0 aromatic rings. The van der Waals surface area contributed by atoms with Gasteiger partial charge in [0.2, 0.25) is 0 Å². The third-order valence-electron chi connectivity index (χ3n) is 2.76. The molecule has 2 fully saturated rings. The van der Waals surface area contributed by atoms with E-state index in [1.807, 2.05) is 13.8 Å². The minimum absolute atomic E-state index is 0.112. The smallest absolute Gasteiger partial charge is 0.160 e. The van der Waals surface area contributed by atoms with Gasteiger partial charge in [0, 0.05) is 12.3 Å². The topological polar surface area (TPSA) is 61.6 Å². The van der Waals surface area contributed by atoms with Crippen molar-refractivity contribution in [3.8, 4) is 0 Å². The molecule has 1 heterocycles. The fraction of sp³-hybridized carbons (Fsp3) is 0.909. The third kappa shape index (κ3) is 3.26. The van der Waals surface area contributed by atoms with E-state index in [4.69, 9.17) is 15.2 Å². The zero-order valence-electron chi connectivity index (χ0n) is 9.57. The summed E-state index contributed by atoms with van der Waals surface area (Å²) in [5.74, 6) is 0.490. The number of carbonyl (C=O) groups is 1. The van der Waals surface area contributed by atoms with Crippen molar-refractivity contribution in [2.45, 2.75) is 45.4 Å². The molecule has 88 valence electrons. The van der Waals surface area contributed by atoms with E-state index in [-0.39, 0.29) is 18.1 Å². The molecule has 1 aliphatic carbocycles. The van der Waals surface area contributed by atoms with Crippen LogP contribution in [0.15, 0.2) is 0 Å². The van der Waals surface area contributed by atoms with Crippen LogP contribution in [0.1, 0.15) is 33.1 Å². The van der Waals surface area contributed by atoms with E-state index >= 15 is 0 Å². The Balaban J connectivity index is 0.000000531. The van der Waals surface area contributed by atoms with E-state index < -0.39 is 0 Å².